The number of hydrogen-bond donors (Lipinski definition) is 2. The maximum atomic E-state index is 12.5. The summed E-state index contributed by atoms with van der Waals surface area (Å²) < 4.78 is 6.66. The van der Waals surface area contributed by atoms with Crippen LogP contribution in [-0.4, -0.2) is 22.6 Å². The summed E-state index contributed by atoms with van der Waals surface area (Å²) in [7, 11) is 0. The molecule has 146 valence electrons. The minimum Gasteiger partial charge on any atom is -0.493 e. The Kier molecular flexibility index (Phi) is 6.49. The number of nitrogens with zero attached hydrogens (tertiary/aromatic N) is 1. The van der Waals surface area contributed by atoms with Crippen LogP contribution in [0.25, 0.3) is 10.2 Å². The molecule has 0 aliphatic carbocycles. The highest BCUT2D eigenvalue weighted by Gasteiger charge is 2.12. The predicted molar refractivity (Wildman–Crippen MR) is 120 cm³/mol. The third-order valence-corrected chi connectivity index (χ3v) is 5.34. The number of thiocarbonyl (C=S) groups is 1. The summed E-state index contributed by atoms with van der Waals surface area (Å²) in [5.41, 5.74) is 2.24. The Morgan fingerprint density at radius 1 is 1.32 bits per heavy atom. The summed E-state index contributed by atoms with van der Waals surface area (Å²) in [5, 5.41) is 7.07. The van der Waals surface area contributed by atoms with Crippen LogP contribution >= 0.6 is 35.2 Å². The topological polar surface area (TPSA) is 63.2 Å². The third kappa shape index (κ3) is 5.19. The zero-order valence-electron chi connectivity index (χ0n) is 15.7. The van der Waals surface area contributed by atoms with Crippen LogP contribution < -0.4 is 15.4 Å². The van der Waals surface area contributed by atoms with Gasteiger partial charge in [-0.15, -0.1) is 0 Å². The van der Waals surface area contributed by atoms with Gasteiger partial charge < -0.3 is 10.1 Å². The molecular formula is C20H20ClN3O2S2. The van der Waals surface area contributed by atoms with E-state index in [1.807, 2.05) is 25.1 Å². The second-order valence-corrected chi connectivity index (χ2v) is 8.58. The molecule has 2 aromatic carbocycles. The van der Waals surface area contributed by atoms with Gasteiger partial charge in [0.1, 0.15) is 5.75 Å². The van der Waals surface area contributed by atoms with Crippen molar-refractivity contribution in [1.82, 2.24) is 10.3 Å². The van der Waals surface area contributed by atoms with Crippen LogP contribution in [-0.2, 0) is 0 Å². The summed E-state index contributed by atoms with van der Waals surface area (Å²) in [5.74, 6) is 0.743. The van der Waals surface area contributed by atoms with Crippen molar-refractivity contribution in [2.45, 2.75) is 20.8 Å². The number of benzene rings is 2. The molecule has 28 heavy (non-hydrogen) atoms. The fourth-order valence-corrected chi connectivity index (χ4v) is 3.76. The molecule has 3 aromatic rings. The quantitative estimate of drug-likeness (QED) is 0.526. The Balaban J connectivity index is 1.64. The number of aryl methyl sites for hydroxylation is 1. The summed E-state index contributed by atoms with van der Waals surface area (Å²) in [6.45, 7) is 6.67. The van der Waals surface area contributed by atoms with Crippen LogP contribution in [0, 0.1) is 12.8 Å². The molecule has 0 aliphatic heterocycles. The number of carbonyl (C=O) groups excluding carboxylic acids is 1. The van der Waals surface area contributed by atoms with Crippen LogP contribution in [0.1, 0.15) is 29.8 Å². The fraction of sp³-hybridized carbons (Fsp3) is 0.250. The minimum atomic E-state index is -0.313. The molecule has 1 heterocycles. The molecule has 8 heteroatoms. The van der Waals surface area contributed by atoms with Gasteiger partial charge in [-0.25, -0.2) is 4.98 Å². The fourth-order valence-electron chi connectivity index (χ4n) is 2.40. The van der Waals surface area contributed by atoms with Gasteiger partial charge in [-0.2, -0.15) is 0 Å². The number of amides is 1. The maximum absolute atomic E-state index is 12.5. The van der Waals surface area contributed by atoms with Gasteiger partial charge in [-0.3, -0.25) is 10.1 Å². The Morgan fingerprint density at radius 2 is 2.11 bits per heavy atom. The molecule has 0 unspecified atom stereocenters. The number of fused-ring (bicyclic) bond motifs is 1. The molecule has 0 aliphatic rings. The molecule has 0 atom stereocenters. The van der Waals surface area contributed by atoms with E-state index in [1.54, 1.807) is 18.2 Å². The maximum Gasteiger partial charge on any atom is 0.257 e. The van der Waals surface area contributed by atoms with Crippen molar-refractivity contribution in [2.75, 3.05) is 11.9 Å². The lowest BCUT2D eigenvalue weighted by molar-refractivity contribution is 0.0977. The van der Waals surface area contributed by atoms with Gasteiger partial charge in [-0.1, -0.05) is 42.9 Å². The predicted octanol–water partition coefficient (Wildman–Crippen LogP) is 5.42. The van der Waals surface area contributed by atoms with Crippen molar-refractivity contribution in [3.63, 3.8) is 0 Å². The van der Waals surface area contributed by atoms with E-state index in [1.165, 1.54) is 11.3 Å². The average molecular weight is 434 g/mol. The SMILES string of the molecule is Cc1cc2sc(NC(=S)NC(=O)c3cccc(OCC(C)C)c3)nc2cc1Cl. The highest BCUT2D eigenvalue weighted by Crippen LogP contribution is 2.30. The third-order valence-electron chi connectivity index (χ3n) is 3.80. The van der Waals surface area contributed by atoms with E-state index in [2.05, 4.69) is 29.5 Å². The lowest BCUT2D eigenvalue weighted by Crippen LogP contribution is -2.34. The molecule has 0 bridgehead atoms. The monoisotopic (exact) mass is 433 g/mol. The molecule has 0 saturated heterocycles. The second-order valence-electron chi connectivity index (χ2n) is 6.73. The second kappa shape index (κ2) is 8.86. The number of carbonyl (C=O) groups is 1. The molecule has 0 saturated carbocycles. The lowest BCUT2D eigenvalue weighted by Gasteiger charge is -2.10. The van der Waals surface area contributed by atoms with Gasteiger partial charge in [0.25, 0.3) is 5.91 Å². The first kappa shape index (κ1) is 20.5. The Hall–Kier alpha value is -2.22. The number of anilines is 1. The van der Waals surface area contributed by atoms with Gasteiger partial charge in [0.15, 0.2) is 10.2 Å². The molecule has 0 spiro atoms. The van der Waals surface area contributed by atoms with Crippen molar-refractivity contribution >= 4 is 61.5 Å². The van der Waals surface area contributed by atoms with Crippen LogP contribution in [0.3, 0.4) is 0 Å². The van der Waals surface area contributed by atoms with E-state index >= 15 is 0 Å². The largest absolute Gasteiger partial charge is 0.493 e. The van der Waals surface area contributed by atoms with Gasteiger partial charge in [0.05, 0.1) is 16.8 Å². The van der Waals surface area contributed by atoms with Crippen LogP contribution in [0.5, 0.6) is 5.75 Å². The summed E-state index contributed by atoms with van der Waals surface area (Å²) in [6, 6.07) is 10.8. The Morgan fingerprint density at radius 3 is 2.86 bits per heavy atom. The number of nitrogens with one attached hydrogen (secondary N) is 2. The molecular weight excluding hydrogens is 414 g/mol. The smallest absolute Gasteiger partial charge is 0.257 e. The summed E-state index contributed by atoms with van der Waals surface area (Å²) in [4.78, 5) is 16.9. The number of ether oxygens (including phenoxy) is 1. The van der Waals surface area contributed by atoms with Crippen LogP contribution in [0.4, 0.5) is 5.13 Å². The molecule has 0 radical (unpaired) electrons. The van der Waals surface area contributed by atoms with Gasteiger partial charge in [0, 0.05) is 10.6 Å². The highest BCUT2D eigenvalue weighted by atomic mass is 35.5. The van der Waals surface area contributed by atoms with E-state index < -0.39 is 0 Å². The zero-order chi connectivity index (χ0) is 20.3. The number of rotatable bonds is 5. The van der Waals surface area contributed by atoms with Crippen molar-refractivity contribution in [2.24, 2.45) is 5.92 Å². The Labute approximate surface area is 178 Å². The van der Waals surface area contributed by atoms with Gasteiger partial charge in [-0.05, 0) is 61.0 Å². The van der Waals surface area contributed by atoms with Gasteiger partial charge >= 0.3 is 0 Å². The molecule has 2 N–H and O–H groups in total. The highest BCUT2D eigenvalue weighted by molar-refractivity contribution is 7.80. The Bertz CT molecular complexity index is 994. The van der Waals surface area contributed by atoms with E-state index in [0.717, 1.165) is 15.8 Å². The van der Waals surface area contributed by atoms with Crippen molar-refractivity contribution in [3.05, 3.63) is 52.5 Å². The zero-order valence-corrected chi connectivity index (χ0v) is 18.1. The molecule has 0 fully saturated rings. The summed E-state index contributed by atoms with van der Waals surface area (Å²) in [6.07, 6.45) is 0. The lowest BCUT2D eigenvalue weighted by atomic mass is 10.2. The van der Waals surface area contributed by atoms with Gasteiger partial charge in [0.2, 0.25) is 0 Å². The number of thiazole rings is 1. The van der Waals surface area contributed by atoms with E-state index in [4.69, 9.17) is 28.6 Å². The number of halogens is 1. The molecule has 3 rings (SSSR count). The van der Waals surface area contributed by atoms with E-state index in [9.17, 15) is 4.79 Å². The first-order valence-corrected chi connectivity index (χ1v) is 10.3. The van der Waals surface area contributed by atoms with E-state index in [0.29, 0.717) is 34.0 Å². The van der Waals surface area contributed by atoms with Crippen molar-refractivity contribution in [1.29, 1.82) is 0 Å². The molecule has 5 nitrogen and oxygen atoms in total. The summed E-state index contributed by atoms with van der Waals surface area (Å²) >= 11 is 12.8. The standard InChI is InChI=1S/C20H20ClN3O2S2/c1-11(2)10-26-14-6-4-5-13(8-14)18(25)23-19(27)24-20-22-16-9-15(21)12(3)7-17(16)28-20/h4-9,11H,10H2,1-3H3,(H2,22,23,24,25,27). The van der Waals surface area contributed by atoms with Crippen molar-refractivity contribution in [3.8, 4) is 5.75 Å². The number of hydrogen-bond acceptors (Lipinski definition) is 5. The van der Waals surface area contributed by atoms with Crippen LogP contribution in [0.2, 0.25) is 5.02 Å². The number of aromatic nitrogens is 1. The first-order valence-electron chi connectivity index (χ1n) is 8.73. The molecule has 1 amide bonds. The van der Waals surface area contributed by atoms with E-state index in [-0.39, 0.29) is 11.0 Å². The van der Waals surface area contributed by atoms with Crippen molar-refractivity contribution < 1.29 is 9.53 Å². The average Bonchev–Trinajstić information content (AvgIpc) is 3.01. The normalized spacial score (nSPS) is 10.9. The molecule has 1 aromatic heterocycles. The minimum absolute atomic E-state index is 0.181. The van der Waals surface area contributed by atoms with Crippen LogP contribution in [0.15, 0.2) is 36.4 Å². The first-order chi connectivity index (χ1) is 13.3.